The van der Waals surface area contributed by atoms with Crippen LogP contribution in [0.5, 0.6) is 0 Å². The number of amides is 1. The van der Waals surface area contributed by atoms with Gasteiger partial charge in [0.05, 0.1) is 0 Å². The Balaban J connectivity index is 1.99. The van der Waals surface area contributed by atoms with Gasteiger partial charge in [0.25, 0.3) is 0 Å². The van der Waals surface area contributed by atoms with E-state index in [1.807, 2.05) is 31.2 Å². The van der Waals surface area contributed by atoms with Gasteiger partial charge in [-0.05, 0) is 18.6 Å². The van der Waals surface area contributed by atoms with Crippen molar-refractivity contribution in [3.8, 4) is 0 Å². The molecule has 3 N–H and O–H groups in total. The lowest BCUT2D eigenvalue weighted by Gasteiger charge is -1.97. The highest BCUT2D eigenvalue weighted by Crippen LogP contribution is 2.07. The number of hydrogen-bond donors (Lipinski definition) is 3. The predicted molar refractivity (Wildman–Crippen MR) is 74.4 cm³/mol. The molecule has 0 aliphatic heterocycles. The smallest absolute Gasteiger partial charge is 0.353 e. The molecular weight excluding hydrogens is 258 g/mol. The fourth-order valence-electron chi connectivity index (χ4n) is 1.61. The Labute approximate surface area is 115 Å². The zero-order chi connectivity index (χ0) is 14.5. The van der Waals surface area contributed by atoms with E-state index < -0.39 is 5.97 Å². The summed E-state index contributed by atoms with van der Waals surface area (Å²) in [6, 6.07) is 8.95. The molecule has 2 aromatic rings. The SMILES string of the molecule is Cc1cccc(C=CC(=O)Nc2cc(C(=O)O)[nH]n2)c1. The van der Waals surface area contributed by atoms with E-state index in [-0.39, 0.29) is 17.4 Å². The van der Waals surface area contributed by atoms with Crippen molar-refractivity contribution in [2.45, 2.75) is 6.92 Å². The summed E-state index contributed by atoms with van der Waals surface area (Å²) in [5.41, 5.74) is 1.93. The highest BCUT2D eigenvalue weighted by molar-refractivity contribution is 6.01. The number of nitrogens with zero attached hydrogens (tertiary/aromatic N) is 1. The number of benzene rings is 1. The first-order valence-electron chi connectivity index (χ1n) is 5.89. The van der Waals surface area contributed by atoms with Crippen LogP contribution >= 0.6 is 0 Å². The molecule has 1 heterocycles. The fraction of sp³-hybridized carbons (Fsp3) is 0.0714. The van der Waals surface area contributed by atoms with Crippen molar-refractivity contribution in [1.82, 2.24) is 10.2 Å². The molecule has 20 heavy (non-hydrogen) atoms. The number of aromatic nitrogens is 2. The minimum atomic E-state index is -1.13. The number of carboxylic acid groups (broad SMARTS) is 1. The number of carbonyl (C=O) groups excluding carboxylic acids is 1. The summed E-state index contributed by atoms with van der Waals surface area (Å²) in [6.45, 7) is 1.97. The number of carbonyl (C=O) groups is 2. The zero-order valence-corrected chi connectivity index (χ0v) is 10.8. The summed E-state index contributed by atoms with van der Waals surface area (Å²) in [5, 5.41) is 17.2. The van der Waals surface area contributed by atoms with Crippen LogP contribution in [0.15, 0.2) is 36.4 Å². The minimum absolute atomic E-state index is 0.0806. The molecule has 1 aromatic carbocycles. The lowest BCUT2D eigenvalue weighted by atomic mass is 10.1. The van der Waals surface area contributed by atoms with Crippen LogP contribution in [-0.2, 0) is 4.79 Å². The number of H-pyrrole nitrogens is 1. The van der Waals surface area contributed by atoms with Crippen LogP contribution in [0.25, 0.3) is 6.08 Å². The van der Waals surface area contributed by atoms with Gasteiger partial charge in [0.1, 0.15) is 5.69 Å². The summed E-state index contributed by atoms with van der Waals surface area (Å²) in [4.78, 5) is 22.3. The molecule has 0 radical (unpaired) electrons. The first-order chi connectivity index (χ1) is 9.54. The predicted octanol–water partition coefficient (Wildman–Crippen LogP) is 2.07. The summed E-state index contributed by atoms with van der Waals surface area (Å²) < 4.78 is 0. The van der Waals surface area contributed by atoms with E-state index in [4.69, 9.17) is 5.11 Å². The highest BCUT2D eigenvalue weighted by atomic mass is 16.4. The van der Waals surface area contributed by atoms with Crippen LogP contribution < -0.4 is 5.32 Å². The second kappa shape index (κ2) is 5.83. The third-order valence-corrected chi connectivity index (χ3v) is 2.53. The third-order valence-electron chi connectivity index (χ3n) is 2.53. The number of anilines is 1. The molecule has 102 valence electrons. The van der Waals surface area contributed by atoms with E-state index in [0.717, 1.165) is 11.1 Å². The molecule has 6 nitrogen and oxygen atoms in total. The molecule has 0 aliphatic carbocycles. The summed E-state index contributed by atoms with van der Waals surface area (Å²) >= 11 is 0. The van der Waals surface area contributed by atoms with Gasteiger partial charge < -0.3 is 10.4 Å². The number of hydrogen-bond acceptors (Lipinski definition) is 3. The summed E-state index contributed by atoms with van der Waals surface area (Å²) in [7, 11) is 0. The number of aryl methyl sites for hydroxylation is 1. The summed E-state index contributed by atoms with van der Waals surface area (Å²) in [5.74, 6) is -1.34. The molecule has 0 saturated carbocycles. The monoisotopic (exact) mass is 271 g/mol. The molecule has 0 bridgehead atoms. The van der Waals surface area contributed by atoms with E-state index in [2.05, 4.69) is 15.5 Å². The van der Waals surface area contributed by atoms with Crippen molar-refractivity contribution in [3.05, 3.63) is 53.2 Å². The van der Waals surface area contributed by atoms with E-state index in [1.165, 1.54) is 12.1 Å². The average Bonchev–Trinajstić information content (AvgIpc) is 2.85. The van der Waals surface area contributed by atoms with Crippen molar-refractivity contribution >= 4 is 23.8 Å². The number of aromatic carboxylic acids is 1. The largest absolute Gasteiger partial charge is 0.477 e. The van der Waals surface area contributed by atoms with Gasteiger partial charge >= 0.3 is 5.97 Å². The lowest BCUT2D eigenvalue weighted by Crippen LogP contribution is -2.07. The molecule has 6 heteroatoms. The maximum absolute atomic E-state index is 11.7. The van der Waals surface area contributed by atoms with Crippen molar-refractivity contribution < 1.29 is 14.7 Å². The molecule has 0 spiro atoms. The van der Waals surface area contributed by atoms with Crippen LogP contribution in [0.1, 0.15) is 21.6 Å². The Morgan fingerprint density at radius 2 is 2.15 bits per heavy atom. The normalized spacial score (nSPS) is 10.7. The topological polar surface area (TPSA) is 95.1 Å². The third kappa shape index (κ3) is 3.55. The Hall–Kier alpha value is -2.89. The van der Waals surface area contributed by atoms with Crippen molar-refractivity contribution in [3.63, 3.8) is 0 Å². The Kier molecular flexibility index (Phi) is 3.95. The zero-order valence-electron chi connectivity index (χ0n) is 10.8. The van der Waals surface area contributed by atoms with Crippen molar-refractivity contribution in [1.29, 1.82) is 0 Å². The number of aromatic amines is 1. The van der Waals surface area contributed by atoms with Crippen LogP contribution in [-0.4, -0.2) is 27.2 Å². The Bertz CT molecular complexity index is 674. The summed E-state index contributed by atoms with van der Waals surface area (Å²) in [6.07, 6.45) is 3.04. The molecule has 0 atom stereocenters. The molecule has 0 unspecified atom stereocenters. The number of carboxylic acids is 1. The number of rotatable bonds is 4. The minimum Gasteiger partial charge on any atom is -0.477 e. The van der Waals surface area contributed by atoms with Gasteiger partial charge in [0.15, 0.2) is 5.82 Å². The van der Waals surface area contributed by atoms with Crippen LogP contribution in [0, 0.1) is 6.92 Å². The van der Waals surface area contributed by atoms with Gasteiger partial charge in [-0.25, -0.2) is 4.79 Å². The lowest BCUT2D eigenvalue weighted by molar-refractivity contribution is -0.111. The molecule has 2 rings (SSSR count). The Morgan fingerprint density at radius 3 is 2.80 bits per heavy atom. The van der Waals surface area contributed by atoms with Crippen LogP contribution in [0.3, 0.4) is 0 Å². The Morgan fingerprint density at radius 1 is 1.35 bits per heavy atom. The molecular formula is C14H13N3O3. The standard InChI is InChI=1S/C14H13N3O3/c1-9-3-2-4-10(7-9)5-6-13(18)15-12-8-11(14(19)20)16-17-12/h2-8H,1H3,(H,19,20)(H2,15,16,17,18). The second-order valence-corrected chi connectivity index (χ2v) is 4.21. The van der Waals surface area contributed by atoms with Gasteiger partial charge in [-0.1, -0.05) is 29.8 Å². The van der Waals surface area contributed by atoms with Crippen molar-refractivity contribution in [2.24, 2.45) is 0 Å². The van der Waals surface area contributed by atoms with E-state index >= 15 is 0 Å². The molecule has 1 amide bonds. The quantitative estimate of drug-likeness (QED) is 0.742. The average molecular weight is 271 g/mol. The van der Waals surface area contributed by atoms with Gasteiger partial charge in [-0.2, -0.15) is 5.10 Å². The van der Waals surface area contributed by atoms with Gasteiger partial charge in [0, 0.05) is 12.1 Å². The molecule has 0 saturated heterocycles. The maximum Gasteiger partial charge on any atom is 0.353 e. The molecule has 0 fully saturated rings. The number of nitrogens with one attached hydrogen (secondary N) is 2. The highest BCUT2D eigenvalue weighted by Gasteiger charge is 2.08. The van der Waals surface area contributed by atoms with E-state index in [0.29, 0.717) is 0 Å². The molecule has 1 aromatic heterocycles. The van der Waals surface area contributed by atoms with Crippen LogP contribution in [0.2, 0.25) is 0 Å². The van der Waals surface area contributed by atoms with Gasteiger partial charge in [-0.15, -0.1) is 0 Å². The first kappa shape index (κ1) is 13.5. The molecule has 0 aliphatic rings. The second-order valence-electron chi connectivity index (χ2n) is 4.21. The van der Waals surface area contributed by atoms with Crippen LogP contribution in [0.4, 0.5) is 5.82 Å². The van der Waals surface area contributed by atoms with E-state index in [9.17, 15) is 9.59 Å². The van der Waals surface area contributed by atoms with Crippen molar-refractivity contribution in [2.75, 3.05) is 5.32 Å². The van der Waals surface area contributed by atoms with Gasteiger partial charge in [0.2, 0.25) is 5.91 Å². The fourth-order valence-corrected chi connectivity index (χ4v) is 1.61. The first-order valence-corrected chi connectivity index (χ1v) is 5.89. The maximum atomic E-state index is 11.7. The van der Waals surface area contributed by atoms with E-state index in [1.54, 1.807) is 6.08 Å². The van der Waals surface area contributed by atoms with Gasteiger partial charge in [-0.3, -0.25) is 9.89 Å².